The van der Waals surface area contributed by atoms with Crippen LogP contribution in [-0.4, -0.2) is 13.7 Å². The Hall–Kier alpha value is -1.28. The Labute approximate surface area is 92.0 Å². The summed E-state index contributed by atoms with van der Waals surface area (Å²) in [6.07, 6.45) is 4.12. The molecule has 0 radical (unpaired) electrons. The van der Waals surface area contributed by atoms with Crippen LogP contribution >= 0.6 is 0 Å². The average molecular weight is 205 g/mol. The molecular weight excluding hydrogens is 186 g/mol. The first-order valence-electron chi connectivity index (χ1n) is 5.30. The van der Waals surface area contributed by atoms with Gasteiger partial charge < -0.3 is 10.1 Å². The van der Waals surface area contributed by atoms with Crippen molar-refractivity contribution in [3.05, 3.63) is 42.5 Å². The van der Waals surface area contributed by atoms with Crippen molar-refractivity contribution < 1.29 is 4.74 Å². The highest BCUT2D eigenvalue weighted by molar-refractivity contribution is 5.50. The maximum atomic E-state index is 5.14. The summed E-state index contributed by atoms with van der Waals surface area (Å²) in [6, 6.07) is 8.24. The van der Waals surface area contributed by atoms with E-state index >= 15 is 0 Å². The molecule has 0 amide bonds. The fourth-order valence-electron chi connectivity index (χ4n) is 1.44. The van der Waals surface area contributed by atoms with Crippen molar-refractivity contribution in [2.45, 2.75) is 19.4 Å². The van der Waals surface area contributed by atoms with E-state index in [0.717, 1.165) is 19.4 Å². The Balaban J connectivity index is 2.47. The van der Waals surface area contributed by atoms with Gasteiger partial charge in [0.1, 0.15) is 0 Å². The summed E-state index contributed by atoms with van der Waals surface area (Å²) in [4.78, 5) is 0. The molecule has 82 valence electrons. The molecule has 2 heteroatoms. The van der Waals surface area contributed by atoms with Crippen molar-refractivity contribution in [3.63, 3.8) is 0 Å². The molecule has 0 aliphatic carbocycles. The molecule has 0 aliphatic rings. The standard InChI is InChI=1S/C13H19NO/c1-3-4-7-10-14-13-9-6-5-8-12(13)11-15-2/h3,5-6,8-9,14H,1,4,7,10-11H2,2H3. The van der Waals surface area contributed by atoms with E-state index in [0.29, 0.717) is 6.61 Å². The minimum Gasteiger partial charge on any atom is -0.385 e. The average Bonchev–Trinajstić information content (AvgIpc) is 2.27. The second-order valence-electron chi connectivity index (χ2n) is 3.45. The molecule has 0 aromatic heterocycles. The van der Waals surface area contributed by atoms with Gasteiger partial charge in [-0.25, -0.2) is 0 Å². The lowest BCUT2D eigenvalue weighted by atomic mass is 10.2. The monoisotopic (exact) mass is 205 g/mol. The Kier molecular flexibility index (Phi) is 5.56. The number of anilines is 1. The van der Waals surface area contributed by atoms with Gasteiger partial charge in [0.2, 0.25) is 0 Å². The molecule has 0 saturated heterocycles. The maximum absolute atomic E-state index is 5.14. The van der Waals surface area contributed by atoms with Crippen LogP contribution < -0.4 is 5.32 Å². The van der Waals surface area contributed by atoms with E-state index in [2.05, 4.69) is 24.0 Å². The highest BCUT2D eigenvalue weighted by atomic mass is 16.5. The quantitative estimate of drug-likeness (QED) is 0.545. The van der Waals surface area contributed by atoms with E-state index in [4.69, 9.17) is 4.74 Å². The molecule has 0 bridgehead atoms. The Morgan fingerprint density at radius 2 is 2.20 bits per heavy atom. The highest BCUT2D eigenvalue weighted by Crippen LogP contribution is 2.15. The lowest BCUT2D eigenvalue weighted by Crippen LogP contribution is -2.04. The first kappa shape index (κ1) is 11.8. The van der Waals surface area contributed by atoms with Gasteiger partial charge in [0, 0.05) is 24.9 Å². The molecule has 0 heterocycles. The normalized spacial score (nSPS) is 9.93. The molecule has 15 heavy (non-hydrogen) atoms. The van der Waals surface area contributed by atoms with Gasteiger partial charge in [0.25, 0.3) is 0 Å². The fraction of sp³-hybridized carbons (Fsp3) is 0.385. The first-order valence-corrected chi connectivity index (χ1v) is 5.30. The van der Waals surface area contributed by atoms with Crippen LogP contribution in [0.5, 0.6) is 0 Å². The number of ether oxygens (including phenoxy) is 1. The molecule has 0 spiro atoms. The summed E-state index contributed by atoms with van der Waals surface area (Å²) in [5.41, 5.74) is 2.38. The number of hydrogen-bond acceptors (Lipinski definition) is 2. The van der Waals surface area contributed by atoms with Crippen LogP contribution in [0.25, 0.3) is 0 Å². The van der Waals surface area contributed by atoms with Crippen molar-refractivity contribution in [3.8, 4) is 0 Å². The van der Waals surface area contributed by atoms with Crippen LogP contribution in [-0.2, 0) is 11.3 Å². The van der Waals surface area contributed by atoms with Gasteiger partial charge in [-0.3, -0.25) is 0 Å². The Morgan fingerprint density at radius 3 is 2.93 bits per heavy atom. The van der Waals surface area contributed by atoms with Crippen molar-refractivity contribution >= 4 is 5.69 Å². The Morgan fingerprint density at radius 1 is 1.40 bits per heavy atom. The number of allylic oxidation sites excluding steroid dienone is 1. The second-order valence-corrected chi connectivity index (χ2v) is 3.45. The van der Waals surface area contributed by atoms with E-state index in [9.17, 15) is 0 Å². The van der Waals surface area contributed by atoms with E-state index in [1.165, 1.54) is 11.3 Å². The topological polar surface area (TPSA) is 21.3 Å². The summed E-state index contributed by atoms with van der Waals surface area (Å²) in [5, 5.41) is 3.41. The fourth-order valence-corrected chi connectivity index (χ4v) is 1.44. The van der Waals surface area contributed by atoms with Gasteiger partial charge in [-0.1, -0.05) is 24.3 Å². The lowest BCUT2D eigenvalue weighted by molar-refractivity contribution is 0.185. The molecule has 0 fully saturated rings. The molecule has 0 unspecified atom stereocenters. The van der Waals surface area contributed by atoms with E-state index in [1.807, 2.05) is 18.2 Å². The summed E-state index contributed by atoms with van der Waals surface area (Å²) in [6.45, 7) is 5.34. The highest BCUT2D eigenvalue weighted by Gasteiger charge is 1.99. The van der Waals surface area contributed by atoms with Gasteiger partial charge in [-0.05, 0) is 18.9 Å². The lowest BCUT2D eigenvalue weighted by Gasteiger charge is -2.10. The smallest absolute Gasteiger partial charge is 0.0733 e. The SMILES string of the molecule is C=CCCCNc1ccccc1COC. The third kappa shape index (κ3) is 4.17. The zero-order valence-corrected chi connectivity index (χ0v) is 9.33. The van der Waals surface area contributed by atoms with E-state index in [1.54, 1.807) is 7.11 Å². The van der Waals surface area contributed by atoms with Crippen molar-refractivity contribution in [1.29, 1.82) is 0 Å². The molecule has 1 aromatic carbocycles. The second kappa shape index (κ2) is 7.07. The van der Waals surface area contributed by atoms with Gasteiger partial charge >= 0.3 is 0 Å². The minimum atomic E-state index is 0.657. The molecule has 0 aliphatic heterocycles. The van der Waals surface area contributed by atoms with Crippen molar-refractivity contribution in [2.24, 2.45) is 0 Å². The number of benzene rings is 1. The number of hydrogen-bond donors (Lipinski definition) is 1. The molecule has 2 nitrogen and oxygen atoms in total. The number of rotatable bonds is 7. The molecule has 1 rings (SSSR count). The van der Waals surface area contributed by atoms with Crippen LogP contribution in [0.2, 0.25) is 0 Å². The predicted molar refractivity (Wildman–Crippen MR) is 65.1 cm³/mol. The van der Waals surface area contributed by atoms with Crippen LogP contribution in [0, 0.1) is 0 Å². The van der Waals surface area contributed by atoms with Crippen molar-refractivity contribution in [1.82, 2.24) is 0 Å². The van der Waals surface area contributed by atoms with Crippen LogP contribution in [0.15, 0.2) is 36.9 Å². The summed E-state index contributed by atoms with van der Waals surface area (Å²) in [5.74, 6) is 0. The summed E-state index contributed by atoms with van der Waals surface area (Å²) in [7, 11) is 1.72. The molecule has 1 aromatic rings. The zero-order chi connectivity index (χ0) is 10.9. The number of unbranched alkanes of at least 4 members (excludes halogenated alkanes) is 1. The third-order valence-electron chi connectivity index (χ3n) is 2.22. The molecule has 0 atom stereocenters. The summed E-state index contributed by atoms with van der Waals surface area (Å²) >= 11 is 0. The maximum Gasteiger partial charge on any atom is 0.0733 e. The van der Waals surface area contributed by atoms with Gasteiger partial charge in [0.15, 0.2) is 0 Å². The Bertz CT molecular complexity index is 296. The predicted octanol–water partition coefficient (Wildman–Crippen LogP) is 3.21. The van der Waals surface area contributed by atoms with E-state index in [-0.39, 0.29) is 0 Å². The largest absolute Gasteiger partial charge is 0.385 e. The zero-order valence-electron chi connectivity index (χ0n) is 9.33. The van der Waals surface area contributed by atoms with Crippen LogP contribution in [0.4, 0.5) is 5.69 Å². The van der Waals surface area contributed by atoms with Gasteiger partial charge in [-0.2, -0.15) is 0 Å². The molecular formula is C13H19NO. The van der Waals surface area contributed by atoms with E-state index < -0.39 is 0 Å². The first-order chi connectivity index (χ1) is 7.38. The van der Waals surface area contributed by atoms with Crippen LogP contribution in [0.3, 0.4) is 0 Å². The third-order valence-corrected chi connectivity index (χ3v) is 2.22. The van der Waals surface area contributed by atoms with Gasteiger partial charge in [0.05, 0.1) is 6.61 Å². The van der Waals surface area contributed by atoms with Crippen LogP contribution in [0.1, 0.15) is 18.4 Å². The number of methoxy groups -OCH3 is 1. The number of para-hydroxylation sites is 1. The molecule has 0 saturated carbocycles. The van der Waals surface area contributed by atoms with Gasteiger partial charge in [-0.15, -0.1) is 6.58 Å². The number of nitrogens with one attached hydrogen (secondary N) is 1. The summed E-state index contributed by atoms with van der Waals surface area (Å²) < 4.78 is 5.14. The van der Waals surface area contributed by atoms with Crippen molar-refractivity contribution in [2.75, 3.05) is 19.0 Å². The minimum absolute atomic E-state index is 0.657. The molecule has 1 N–H and O–H groups in total.